The number of imidazole rings is 1. The molecule has 0 saturated heterocycles. The zero-order chi connectivity index (χ0) is 20.4. The maximum absolute atomic E-state index is 6.08. The number of ether oxygens (including phenoxy) is 1. The highest BCUT2D eigenvalue weighted by molar-refractivity contribution is 14.1. The molecule has 0 unspecified atom stereocenters. The van der Waals surface area contributed by atoms with Gasteiger partial charge >= 0.3 is 0 Å². The molecular formula is C20H25IN6OS. The van der Waals surface area contributed by atoms with E-state index in [0.29, 0.717) is 17.3 Å². The van der Waals surface area contributed by atoms with E-state index in [4.69, 9.17) is 15.5 Å². The normalized spacial score (nSPS) is 13.7. The van der Waals surface area contributed by atoms with Crippen molar-refractivity contribution in [1.82, 2.24) is 24.8 Å². The average Bonchev–Trinajstić information content (AvgIpc) is 3.04. The summed E-state index contributed by atoms with van der Waals surface area (Å²) >= 11 is 4.02. The summed E-state index contributed by atoms with van der Waals surface area (Å²) in [5, 5.41) is 4.38. The van der Waals surface area contributed by atoms with Crippen LogP contribution in [0.15, 0.2) is 28.5 Å². The first-order chi connectivity index (χ1) is 14.0. The molecule has 0 atom stereocenters. The van der Waals surface area contributed by atoms with E-state index in [9.17, 15) is 0 Å². The summed E-state index contributed by atoms with van der Waals surface area (Å²) in [4.78, 5) is 14.5. The summed E-state index contributed by atoms with van der Waals surface area (Å²) in [5.74, 6) is 2.03. The highest BCUT2D eigenvalue weighted by atomic mass is 127. The van der Waals surface area contributed by atoms with Crippen LogP contribution >= 0.6 is 34.4 Å². The van der Waals surface area contributed by atoms with Gasteiger partial charge in [-0.05, 0) is 65.6 Å². The number of fused-ring (bicyclic) bond motifs is 2. The Morgan fingerprint density at radius 1 is 1.34 bits per heavy atom. The SMILES string of the molecule is CC(C)CNCCn1c(Sc2cc3c(cc2I)OCCC3)nc2c(N)ncnc21. The predicted octanol–water partition coefficient (Wildman–Crippen LogP) is 3.73. The Balaban J connectivity index is 1.66. The molecule has 1 aromatic carbocycles. The number of nitrogens with one attached hydrogen (secondary N) is 1. The smallest absolute Gasteiger partial charge is 0.175 e. The van der Waals surface area contributed by atoms with Crippen LogP contribution in [0.4, 0.5) is 5.82 Å². The first-order valence-electron chi connectivity index (χ1n) is 9.83. The molecule has 1 aliphatic rings. The van der Waals surface area contributed by atoms with Crippen molar-refractivity contribution in [2.24, 2.45) is 5.92 Å². The summed E-state index contributed by atoms with van der Waals surface area (Å²) < 4.78 is 9.10. The van der Waals surface area contributed by atoms with Crippen LogP contribution in [0.2, 0.25) is 0 Å². The fraction of sp³-hybridized carbons (Fsp3) is 0.450. The number of nitrogens with two attached hydrogens (primary N) is 1. The number of halogens is 1. The maximum Gasteiger partial charge on any atom is 0.175 e. The maximum atomic E-state index is 6.08. The minimum atomic E-state index is 0.416. The van der Waals surface area contributed by atoms with Gasteiger partial charge in [0.1, 0.15) is 12.1 Å². The molecule has 7 nitrogen and oxygen atoms in total. The summed E-state index contributed by atoms with van der Waals surface area (Å²) in [6, 6.07) is 4.36. The van der Waals surface area contributed by atoms with E-state index < -0.39 is 0 Å². The third-order valence-electron chi connectivity index (χ3n) is 4.75. The molecule has 0 spiro atoms. The van der Waals surface area contributed by atoms with Crippen LogP contribution < -0.4 is 15.8 Å². The number of rotatable bonds is 7. The van der Waals surface area contributed by atoms with Gasteiger partial charge < -0.3 is 20.4 Å². The van der Waals surface area contributed by atoms with E-state index in [2.05, 4.69) is 68.4 Å². The second kappa shape index (κ2) is 9.05. The third-order valence-corrected chi connectivity index (χ3v) is 7.06. The van der Waals surface area contributed by atoms with Crippen molar-refractivity contribution in [1.29, 1.82) is 0 Å². The van der Waals surface area contributed by atoms with Crippen LogP contribution in [0.25, 0.3) is 11.2 Å². The molecule has 0 fully saturated rings. The van der Waals surface area contributed by atoms with Gasteiger partial charge in [-0.3, -0.25) is 0 Å². The number of aryl methyl sites for hydroxylation is 1. The first kappa shape index (κ1) is 20.7. The lowest BCUT2D eigenvalue weighted by Gasteiger charge is -2.19. The highest BCUT2D eigenvalue weighted by Gasteiger charge is 2.19. The Morgan fingerprint density at radius 2 is 2.21 bits per heavy atom. The molecule has 0 bridgehead atoms. The molecule has 29 heavy (non-hydrogen) atoms. The largest absolute Gasteiger partial charge is 0.493 e. The summed E-state index contributed by atoms with van der Waals surface area (Å²) in [5.41, 5.74) is 8.78. The summed E-state index contributed by atoms with van der Waals surface area (Å²) in [6.07, 6.45) is 3.61. The van der Waals surface area contributed by atoms with Crippen molar-refractivity contribution in [2.45, 2.75) is 43.3 Å². The molecule has 0 radical (unpaired) electrons. The first-order valence-corrected chi connectivity index (χ1v) is 11.7. The Labute approximate surface area is 188 Å². The van der Waals surface area contributed by atoms with Crippen LogP contribution in [0.3, 0.4) is 0 Å². The van der Waals surface area contributed by atoms with Gasteiger partial charge in [0.2, 0.25) is 0 Å². The van der Waals surface area contributed by atoms with Gasteiger partial charge in [-0.1, -0.05) is 25.6 Å². The lowest BCUT2D eigenvalue weighted by molar-refractivity contribution is 0.287. The topological polar surface area (TPSA) is 90.9 Å². The van der Waals surface area contributed by atoms with Crippen molar-refractivity contribution in [2.75, 3.05) is 25.4 Å². The standard InChI is InChI=1S/C20H25IN6OS/c1-12(2)10-23-5-6-27-19-17(18(22)24-11-25-19)26-20(27)29-16-8-13-4-3-7-28-15(13)9-14(16)21/h8-9,11-12,23H,3-7,10H2,1-2H3,(H2,22,24,25). The Kier molecular flexibility index (Phi) is 6.45. The van der Waals surface area contributed by atoms with Gasteiger partial charge in [0.05, 0.1) is 6.61 Å². The molecule has 0 saturated carbocycles. The van der Waals surface area contributed by atoms with Crippen LogP contribution in [-0.4, -0.2) is 39.2 Å². The van der Waals surface area contributed by atoms with Crippen molar-refractivity contribution in [3.63, 3.8) is 0 Å². The quantitative estimate of drug-likeness (QED) is 0.360. The van der Waals surface area contributed by atoms with Gasteiger partial charge in [-0.25, -0.2) is 15.0 Å². The number of nitrogens with zero attached hydrogens (tertiary/aromatic N) is 4. The Morgan fingerprint density at radius 3 is 3.03 bits per heavy atom. The van der Waals surface area contributed by atoms with Crippen LogP contribution in [-0.2, 0) is 13.0 Å². The molecule has 0 amide bonds. The van der Waals surface area contributed by atoms with Crippen LogP contribution in [0.1, 0.15) is 25.8 Å². The van der Waals surface area contributed by atoms with Crippen molar-refractivity contribution in [3.8, 4) is 5.75 Å². The molecule has 4 rings (SSSR count). The molecule has 3 heterocycles. The van der Waals surface area contributed by atoms with Gasteiger partial charge in [-0.15, -0.1) is 0 Å². The van der Waals surface area contributed by atoms with Crippen molar-refractivity contribution >= 4 is 51.3 Å². The summed E-state index contributed by atoms with van der Waals surface area (Å²) in [6.45, 7) is 7.80. The van der Waals surface area contributed by atoms with E-state index in [1.165, 1.54) is 16.8 Å². The third kappa shape index (κ3) is 4.61. The molecule has 1 aliphatic heterocycles. The number of anilines is 1. The number of aromatic nitrogens is 4. The van der Waals surface area contributed by atoms with E-state index in [-0.39, 0.29) is 0 Å². The van der Waals surface area contributed by atoms with Gasteiger partial charge in [0.15, 0.2) is 22.1 Å². The van der Waals surface area contributed by atoms with Crippen molar-refractivity contribution < 1.29 is 4.74 Å². The monoisotopic (exact) mass is 524 g/mol. The zero-order valence-corrected chi connectivity index (χ0v) is 19.6. The lowest BCUT2D eigenvalue weighted by atomic mass is 10.1. The predicted molar refractivity (Wildman–Crippen MR) is 125 cm³/mol. The highest BCUT2D eigenvalue weighted by Crippen LogP contribution is 2.38. The number of benzene rings is 1. The van der Waals surface area contributed by atoms with Gasteiger partial charge in [0.25, 0.3) is 0 Å². The molecule has 3 N–H and O–H groups in total. The Hall–Kier alpha value is -1.59. The second-order valence-corrected chi connectivity index (χ2v) is 9.69. The van der Waals surface area contributed by atoms with Crippen LogP contribution in [0, 0.1) is 9.49 Å². The van der Waals surface area contributed by atoms with E-state index in [0.717, 1.165) is 59.2 Å². The van der Waals surface area contributed by atoms with E-state index in [1.54, 1.807) is 11.8 Å². The fourth-order valence-corrected chi connectivity index (χ4v) is 5.07. The van der Waals surface area contributed by atoms with Crippen molar-refractivity contribution in [3.05, 3.63) is 27.6 Å². The number of nitrogen functional groups attached to an aromatic ring is 1. The van der Waals surface area contributed by atoms with E-state index in [1.807, 2.05) is 0 Å². The number of hydrogen-bond acceptors (Lipinski definition) is 7. The van der Waals surface area contributed by atoms with Gasteiger partial charge in [0, 0.05) is 21.6 Å². The molecule has 154 valence electrons. The second-order valence-electron chi connectivity index (χ2n) is 7.52. The minimum Gasteiger partial charge on any atom is -0.493 e. The molecule has 0 aliphatic carbocycles. The minimum absolute atomic E-state index is 0.416. The molecule has 9 heteroatoms. The average molecular weight is 524 g/mol. The van der Waals surface area contributed by atoms with E-state index >= 15 is 0 Å². The summed E-state index contributed by atoms with van der Waals surface area (Å²) in [7, 11) is 0. The Bertz CT molecular complexity index is 1020. The fourth-order valence-electron chi connectivity index (χ4n) is 3.32. The number of hydrogen-bond donors (Lipinski definition) is 2. The van der Waals surface area contributed by atoms with Crippen LogP contribution in [0.5, 0.6) is 5.75 Å². The van der Waals surface area contributed by atoms with Gasteiger partial charge in [-0.2, -0.15) is 0 Å². The molecule has 3 aromatic rings. The zero-order valence-electron chi connectivity index (χ0n) is 16.6. The lowest BCUT2D eigenvalue weighted by Crippen LogP contribution is -2.24. The molecule has 2 aromatic heterocycles. The molecular weight excluding hydrogens is 499 g/mol.